The molecular weight excluding hydrogens is 418 g/mol. The van der Waals surface area contributed by atoms with E-state index in [2.05, 4.69) is 21.1 Å². The Hall–Kier alpha value is -1.96. The number of halogens is 1. The minimum atomic E-state index is -3.67. The number of rotatable bonds is 6. The van der Waals surface area contributed by atoms with E-state index in [0.717, 1.165) is 4.47 Å². The van der Waals surface area contributed by atoms with Gasteiger partial charge in [0.05, 0.1) is 18.1 Å². The van der Waals surface area contributed by atoms with Gasteiger partial charge < -0.3 is 9.63 Å². The normalized spacial score (nSPS) is 12.9. The molecule has 0 spiro atoms. The molecule has 136 valence electrons. The highest BCUT2D eigenvalue weighted by molar-refractivity contribution is 9.10. The summed E-state index contributed by atoms with van der Waals surface area (Å²) in [7, 11) is -3.67. The van der Waals surface area contributed by atoms with Crippen molar-refractivity contribution in [1.29, 1.82) is 0 Å². The summed E-state index contributed by atoms with van der Waals surface area (Å²) in [5.41, 5.74) is 2.24. The summed E-state index contributed by atoms with van der Waals surface area (Å²) in [4.78, 5) is 0. The molecule has 0 aliphatic rings. The lowest BCUT2D eigenvalue weighted by Gasteiger charge is -2.16. The monoisotopic (exact) mass is 435 g/mol. The molecule has 2 aromatic carbocycles. The predicted molar refractivity (Wildman–Crippen MR) is 103 cm³/mol. The highest BCUT2D eigenvalue weighted by Crippen LogP contribution is 2.36. The van der Waals surface area contributed by atoms with Crippen molar-refractivity contribution in [3.63, 3.8) is 0 Å². The van der Waals surface area contributed by atoms with Crippen LogP contribution in [0.5, 0.6) is 0 Å². The summed E-state index contributed by atoms with van der Waals surface area (Å²) in [6.07, 6.45) is 0. The fourth-order valence-corrected chi connectivity index (χ4v) is 4.84. The lowest BCUT2D eigenvalue weighted by molar-refractivity contribution is 0.291. The smallest absolute Gasteiger partial charge is 0.171 e. The molecule has 3 rings (SSSR count). The molecule has 7 heteroatoms. The molecule has 0 unspecified atom stereocenters. The molecule has 26 heavy (non-hydrogen) atoms. The van der Waals surface area contributed by atoms with Gasteiger partial charge in [-0.3, -0.25) is 0 Å². The zero-order chi connectivity index (χ0) is 18.7. The molecule has 0 amide bonds. The van der Waals surface area contributed by atoms with E-state index in [1.807, 2.05) is 30.3 Å². The van der Waals surface area contributed by atoms with Gasteiger partial charge in [0.25, 0.3) is 0 Å². The predicted octanol–water partition coefficient (Wildman–Crippen LogP) is 4.06. The summed E-state index contributed by atoms with van der Waals surface area (Å²) in [5.74, 6) is 0.203. The maximum atomic E-state index is 13.0. The Balaban J connectivity index is 2.03. The fraction of sp³-hybridized carbons (Fsp3) is 0.211. The molecular formula is C19H18BrNO4S. The summed E-state index contributed by atoms with van der Waals surface area (Å²) < 4.78 is 32.3. The lowest BCUT2D eigenvalue weighted by Crippen LogP contribution is -2.20. The molecule has 1 heterocycles. The minimum Gasteiger partial charge on any atom is -0.395 e. The zero-order valence-electron chi connectivity index (χ0n) is 14.1. The van der Waals surface area contributed by atoms with Gasteiger partial charge in [-0.1, -0.05) is 63.6 Å². The molecule has 0 saturated heterocycles. The van der Waals surface area contributed by atoms with Gasteiger partial charge in [0, 0.05) is 15.6 Å². The highest BCUT2D eigenvalue weighted by Gasteiger charge is 2.33. The third-order valence-electron chi connectivity index (χ3n) is 4.15. The van der Waals surface area contributed by atoms with Gasteiger partial charge in [0.1, 0.15) is 5.25 Å². The molecule has 0 saturated carbocycles. The van der Waals surface area contributed by atoms with Crippen LogP contribution in [0.4, 0.5) is 0 Å². The van der Waals surface area contributed by atoms with Gasteiger partial charge >= 0.3 is 0 Å². The van der Waals surface area contributed by atoms with E-state index >= 15 is 0 Å². The van der Waals surface area contributed by atoms with Crippen molar-refractivity contribution in [2.24, 2.45) is 0 Å². The average molecular weight is 436 g/mol. The molecule has 1 atom stereocenters. The molecule has 1 N–H and O–H groups in total. The van der Waals surface area contributed by atoms with Crippen molar-refractivity contribution in [1.82, 2.24) is 5.16 Å². The van der Waals surface area contributed by atoms with Crippen LogP contribution in [0.2, 0.25) is 0 Å². The van der Waals surface area contributed by atoms with Crippen LogP contribution in [0, 0.1) is 6.92 Å². The van der Waals surface area contributed by atoms with Gasteiger partial charge in [-0.25, -0.2) is 8.42 Å². The standard InChI is InChI=1S/C19H18BrNO4S/c1-13-18(19(25-21-13)15-7-9-16(20)10-8-15)17(11-22)26(23,24)12-14-5-3-2-4-6-14/h2-10,17,22H,11-12H2,1H3/t17-/m1/s1. The second-order valence-corrected chi connectivity index (χ2v) is 9.08. The van der Waals surface area contributed by atoms with Gasteiger partial charge in [-0.2, -0.15) is 0 Å². The van der Waals surface area contributed by atoms with Crippen molar-refractivity contribution < 1.29 is 18.0 Å². The average Bonchev–Trinajstić information content (AvgIpc) is 2.98. The number of aliphatic hydroxyl groups excluding tert-OH is 1. The number of aliphatic hydroxyl groups is 1. The SMILES string of the molecule is Cc1noc(-c2ccc(Br)cc2)c1[C@@H](CO)S(=O)(=O)Cc1ccccc1. The topological polar surface area (TPSA) is 80.4 Å². The molecule has 0 fully saturated rings. The maximum Gasteiger partial charge on any atom is 0.171 e. The summed E-state index contributed by atoms with van der Waals surface area (Å²) in [5, 5.41) is 12.7. The zero-order valence-corrected chi connectivity index (χ0v) is 16.5. The van der Waals surface area contributed by atoms with Crippen LogP contribution in [0.15, 0.2) is 63.6 Å². The van der Waals surface area contributed by atoms with Crippen LogP contribution in [0.1, 0.15) is 22.1 Å². The Morgan fingerprint density at radius 1 is 1.12 bits per heavy atom. The third-order valence-corrected chi connectivity index (χ3v) is 6.66. The van der Waals surface area contributed by atoms with E-state index < -0.39 is 21.7 Å². The van der Waals surface area contributed by atoms with Crippen molar-refractivity contribution in [3.05, 3.63) is 75.9 Å². The van der Waals surface area contributed by atoms with Crippen molar-refractivity contribution in [3.8, 4) is 11.3 Å². The second-order valence-electron chi connectivity index (χ2n) is 5.98. The van der Waals surface area contributed by atoms with Crippen LogP contribution in [0.3, 0.4) is 0 Å². The van der Waals surface area contributed by atoms with Crippen LogP contribution >= 0.6 is 15.9 Å². The van der Waals surface area contributed by atoms with Crippen molar-refractivity contribution in [2.45, 2.75) is 17.9 Å². The number of hydrogen-bond acceptors (Lipinski definition) is 5. The number of nitrogens with zero attached hydrogens (tertiary/aromatic N) is 1. The summed E-state index contributed by atoms with van der Waals surface area (Å²) in [6.45, 7) is 1.14. The molecule has 0 aliphatic carbocycles. The van der Waals surface area contributed by atoms with Crippen LogP contribution < -0.4 is 0 Å². The Kier molecular flexibility index (Phi) is 5.60. The number of hydrogen-bond donors (Lipinski definition) is 1. The molecule has 0 radical (unpaired) electrons. The third kappa shape index (κ3) is 3.90. The van der Waals surface area contributed by atoms with Gasteiger partial charge in [0.2, 0.25) is 0 Å². The van der Waals surface area contributed by atoms with E-state index in [1.54, 1.807) is 31.2 Å². The molecule has 5 nitrogen and oxygen atoms in total. The van der Waals surface area contributed by atoms with Crippen molar-refractivity contribution in [2.75, 3.05) is 6.61 Å². The van der Waals surface area contributed by atoms with E-state index in [0.29, 0.717) is 28.1 Å². The number of aromatic nitrogens is 1. The number of sulfone groups is 1. The van der Waals surface area contributed by atoms with E-state index in [1.165, 1.54) is 0 Å². The van der Waals surface area contributed by atoms with Gasteiger partial charge in [-0.15, -0.1) is 0 Å². The lowest BCUT2D eigenvalue weighted by atomic mass is 10.0. The Bertz CT molecular complexity index is 982. The maximum absolute atomic E-state index is 13.0. The van der Waals surface area contributed by atoms with Crippen LogP contribution in [-0.4, -0.2) is 25.3 Å². The first-order chi connectivity index (χ1) is 12.4. The van der Waals surface area contributed by atoms with Crippen LogP contribution in [-0.2, 0) is 15.6 Å². The first kappa shape index (κ1) is 18.8. The number of benzene rings is 2. The molecule has 0 aliphatic heterocycles. The summed E-state index contributed by atoms with van der Waals surface area (Å²) in [6, 6.07) is 16.2. The fourth-order valence-electron chi connectivity index (χ4n) is 2.86. The van der Waals surface area contributed by atoms with Gasteiger partial charge in [0.15, 0.2) is 15.6 Å². The van der Waals surface area contributed by atoms with Crippen molar-refractivity contribution >= 4 is 25.8 Å². The van der Waals surface area contributed by atoms with E-state index in [-0.39, 0.29) is 5.75 Å². The highest BCUT2D eigenvalue weighted by atomic mass is 79.9. The quantitative estimate of drug-likeness (QED) is 0.631. The summed E-state index contributed by atoms with van der Waals surface area (Å²) >= 11 is 3.37. The molecule has 1 aromatic heterocycles. The Morgan fingerprint density at radius 3 is 2.38 bits per heavy atom. The minimum absolute atomic E-state index is 0.163. The first-order valence-corrected chi connectivity index (χ1v) is 10.5. The molecule has 3 aromatic rings. The van der Waals surface area contributed by atoms with Crippen LogP contribution in [0.25, 0.3) is 11.3 Å². The first-order valence-electron chi connectivity index (χ1n) is 8.01. The molecule has 0 bridgehead atoms. The van der Waals surface area contributed by atoms with E-state index in [9.17, 15) is 13.5 Å². The van der Waals surface area contributed by atoms with E-state index in [4.69, 9.17) is 4.52 Å². The Labute approximate surface area is 160 Å². The second kappa shape index (κ2) is 7.73. The largest absolute Gasteiger partial charge is 0.395 e. The van der Waals surface area contributed by atoms with Gasteiger partial charge in [-0.05, 0) is 24.6 Å². The Morgan fingerprint density at radius 2 is 1.77 bits per heavy atom. The number of aryl methyl sites for hydroxylation is 1.